The minimum absolute atomic E-state index is 0.00845. The van der Waals surface area contributed by atoms with E-state index in [0.29, 0.717) is 35.5 Å². The van der Waals surface area contributed by atoms with E-state index in [1.807, 2.05) is 24.2 Å². The second kappa shape index (κ2) is 6.78. The van der Waals surface area contributed by atoms with Gasteiger partial charge in [-0.2, -0.15) is 0 Å². The fourth-order valence-electron chi connectivity index (χ4n) is 7.98. The number of likely N-dealkylation sites (N-methyl/N-ethyl adjacent to an activating group) is 1. The van der Waals surface area contributed by atoms with E-state index < -0.39 is 0 Å². The number of aromatic amines is 1. The third-order valence-electron chi connectivity index (χ3n) is 9.53. The van der Waals surface area contributed by atoms with Gasteiger partial charge in [0.15, 0.2) is 5.82 Å². The van der Waals surface area contributed by atoms with Crippen molar-refractivity contribution in [3.05, 3.63) is 29.9 Å². The Morgan fingerprint density at radius 1 is 1.23 bits per heavy atom. The zero-order valence-corrected chi connectivity index (χ0v) is 18.4. The average molecular weight is 411 g/mol. The quantitative estimate of drug-likeness (QED) is 0.748. The van der Waals surface area contributed by atoms with Crippen molar-refractivity contribution in [1.82, 2.24) is 14.9 Å². The van der Waals surface area contributed by atoms with Crippen LogP contribution in [0.4, 0.5) is 0 Å². The Morgan fingerprint density at radius 2 is 2.03 bits per heavy atom. The van der Waals surface area contributed by atoms with Crippen LogP contribution in [0.15, 0.2) is 18.3 Å². The van der Waals surface area contributed by atoms with Crippen LogP contribution in [-0.4, -0.2) is 46.2 Å². The highest BCUT2D eigenvalue weighted by atomic mass is 16.2. The van der Waals surface area contributed by atoms with Gasteiger partial charge >= 0.3 is 0 Å². The summed E-state index contributed by atoms with van der Waals surface area (Å²) in [5, 5.41) is 0. The number of amides is 1. The molecule has 1 aliphatic heterocycles. The number of imidazole rings is 1. The van der Waals surface area contributed by atoms with Gasteiger partial charge in [0.05, 0.1) is 12.2 Å². The summed E-state index contributed by atoms with van der Waals surface area (Å²) in [7, 11) is 1.98. The van der Waals surface area contributed by atoms with E-state index >= 15 is 0 Å². The standard InChI is InChI=1S/C24H34N4O2/c1-23-10-8-16-14(4-7-20-24(16,2)11-9-21(30)28(20)3)15(23)5-6-17(23)18-13-26-22(27-18)19(29)12-25/h9,11,13-17,20H,4-8,10,12,25H2,1-3H3,(H,26,27)/t14-,15-,16+,17?,20?,23-,24+/m0/s1. The third-order valence-corrected chi connectivity index (χ3v) is 9.53. The minimum Gasteiger partial charge on any atom is -0.342 e. The van der Waals surface area contributed by atoms with E-state index in [9.17, 15) is 9.59 Å². The Bertz CT molecular complexity index is 907. The van der Waals surface area contributed by atoms with Crippen LogP contribution in [0.5, 0.6) is 0 Å². The number of hydrogen-bond acceptors (Lipinski definition) is 4. The largest absolute Gasteiger partial charge is 0.342 e. The van der Waals surface area contributed by atoms with E-state index in [4.69, 9.17) is 5.73 Å². The molecule has 0 saturated heterocycles. The number of Topliss-reactive ketones (excluding diaryl/α,β-unsaturated/α-hetero) is 1. The second-order valence-electron chi connectivity index (χ2n) is 10.6. The van der Waals surface area contributed by atoms with Gasteiger partial charge in [-0.15, -0.1) is 0 Å². The average Bonchev–Trinajstić information content (AvgIpc) is 3.34. The number of fused-ring (bicyclic) bond motifs is 5. The molecule has 0 radical (unpaired) electrons. The lowest BCUT2D eigenvalue weighted by Gasteiger charge is -2.60. The molecule has 2 unspecified atom stereocenters. The van der Waals surface area contributed by atoms with Crippen molar-refractivity contribution in [1.29, 1.82) is 0 Å². The zero-order chi connectivity index (χ0) is 21.3. The van der Waals surface area contributed by atoms with Crippen molar-refractivity contribution in [2.75, 3.05) is 13.6 Å². The first-order chi connectivity index (χ1) is 14.3. The number of nitrogens with zero attached hydrogens (tertiary/aromatic N) is 2. The highest BCUT2D eigenvalue weighted by Crippen LogP contribution is 2.67. The van der Waals surface area contributed by atoms with E-state index in [2.05, 4.69) is 29.9 Å². The Morgan fingerprint density at radius 3 is 2.80 bits per heavy atom. The number of H-pyrrole nitrogens is 1. The summed E-state index contributed by atoms with van der Waals surface area (Å²) in [4.78, 5) is 33.9. The Balaban J connectivity index is 1.43. The summed E-state index contributed by atoms with van der Waals surface area (Å²) in [6.07, 6.45) is 13.1. The molecule has 6 heteroatoms. The van der Waals surface area contributed by atoms with Gasteiger partial charge in [-0.3, -0.25) is 9.59 Å². The topological polar surface area (TPSA) is 92.1 Å². The van der Waals surface area contributed by atoms with Crippen LogP contribution in [0.1, 0.15) is 74.6 Å². The van der Waals surface area contributed by atoms with Crippen LogP contribution in [-0.2, 0) is 4.79 Å². The normalized spacial score (nSPS) is 42.6. The van der Waals surface area contributed by atoms with Crippen LogP contribution in [0, 0.1) is 28.6 Å². The molecule has 0 spiro atoms. The molecule has 3 aliphatic carbocycles. The van der Waals surface area contributed by atoms with Gasteiger partial charge in [0.25, 0.3) is 0 Å². The number of carbonyl (C=O) groups is 2. The molecule has 3 saturated carbocycles. The van der Waals surface area contributed by atoms with Gasteiger partial charge in [-0.1, -0.05) is 19.9 Å². The van der Waals surface area contributed by atoms with Crippen LogP contribution < -0.4 is 5.73 Å². The summed E-state index contributed by atoms with van der Waals surface area (Å²) in [6.45, 7) is 4.85. The van der Waals surface area contributed by atoms with Crippen molar-refractivity contribution >= 4 is 11.7 Å². The van der Waals surface area contributed by atoms with Crippen LogP contribution >= 0.6 is 0 Å². The molecule has 3 fully saturated rings. The fourth-order valence-corrected chi connectivity index (χ4v) is 7.98. The molecule has 7 atom stereocenters. The Hall–Kier alpha value is -1.95. The van der Waals surface area contributed by atoms with Crippen molar-refractivity contribution < 1.29 is 9.59 Å². The SMILES string of the molecule is CN1C(=O)C=C[C@@]2(C)C1CC[C@@H]1[C@H]2CC[C@]2(C)C(c3c[nH]c(C(=O)CN)n3)CC[C@@H]12. The van der Waals surface area contributed by atoms with E-state index in [-0.39, 0.29) is 29.1 Å². The van der Waals surface area contributed by atoms with Crippen molar-refractivity contribution in [3.63, 3.8) is 0 Å². The highest BCUT2D eigenvalue weighted by Gasteiger charge is 2.60. The Kier molecular flexibility index (Phi) is 4.51. The van der Waals surface area contributed by atoms with Gasteiger partial charge in [-0.25, -0.2) is 4.98 Å². The molecule has 3 N–H and O–H groups in total. The predicted molar refractivity (Wildman–Crippen MR) is 115 cm³/mol. The molecule has 1 aromatic rings. The number of ketones is 1. The number of nitrogens with one attached hydrogen (secondary N) is 1. The zero-order valence-electron chi connectivity index (χ0n) is 18.4. The third kappa shape index (κ3) is 2.62. The molecule has 2 heterocycles. The maximum atomic E-state index is 12.3. The summed E-state index contributed by atoms with van der Waals surface area (Å²) in [5.41, 5.74) is 6.86. The molecule has 1 amide bonds. The lowest BCUT2D eigenvalue weighted by atomic mass is 9.47. The Labute approximate surface area is 178 Å². The summed E-state index contributed by atoms with van der Waals surface area (Å²) in [6, 6.07) is 0.328. The van der Waals surface area contributed by atoms with E-state index in [1.165, 1.54) is 25.7 Å². The van der Waals surface area contributed by atoms with Crippen molar-refractivity contribution in [2.24, 2.45) is 34.3 Å². The molecular weight excluding hydrogens is 376 g/mol. The molecule has 5 rings (SSSR count). The molecular formula is C24H34N4O2. The number of carbonyl (C=O) groups excluding carboxylic acids is 2. The number of rotatable bonds is 3. The van der Waals surface area contributed by atoms with Crippen molar-refractivity contribution in [3.8, 4) is 0 Å². The molecule has 1 aromatic heterocycles. The minimum atomic E-state index is -0.126. The van der Waals surface area contributed by atoms with Crippen molar-refractivity contribution in [2.45, 2.75) is 64.3 Å². The first-order valence-electron chi connectivity index (χ1n) is 11.5. The van der Waals surface area contributed by atoms with Crippen LogP contribution in [0.25, 0.3) is 0 Å². The molecule has 4 aliphatic rings. The van der Waals surface area contributed by atoms with Gasteiger partial charge in [0, 0.05) is 30.6 Å². The van der Waals surface area contributed by atoms with E-state index in [1.54, 1.807) is 0 Å². The monoisotopic (exact) mass is 410 g/mol. The van der Waals surface area contributed by atoms with E-state index in [0.717, 1.165) is 18.5 Å². The first-order valence-corrected chi connectivity index (χ1v) is 11.5. The van der Waals surface area contributed by atoms with Crippen LogP contribution in [0.3, 0.4) is 0 Å². The van der Waals surface area contributed by atoms with Gasteiger partial charge in [-0.05, 0) is 67.8 Å². The molecule has 30 heavy (non-hydrogen) atoms. The highest BCUT2D eigenvalue weighted by molar-refractivity contribution is 5.94. The summed E-state index contributed by atoms with van der Waals surface area (Å²) >= 11 is 0. The molecule has 6 nitrogen and oxygen atoms in total. The van der Waals surface area contributed by atoms with Gasteiger partial charge in [0.2, 0.25) is 11.7 Å². The van der Waals surface area contributed by atoms with Gasteiger partial charge in [0.1, 0.15) is 0 Å². The second-order valence-corrected chi connectivity index (χ2v) is 10.6. The molecule has 0 aromatic carbocycles. The lowest BCUT2D eigenvalue weighted by Crippen LogP contribution is -2.59. The summed E-state index contributed by atoms with van der Waals surface area (Å²) in [5.74, 6) is 2.84. The predicted octanol–water partition coefficient (Wildman–Crippen LogP) is 3.27. The lowest BCUT2D eigenvalue weighted by molar-refractivity contribution is -0.138. The molecule has 162 valence electrons. The van der Waals surface area contributed by atoms with Crippen LogP contribution in [0.2, 0.25) is 0 Å². The number of aromatic nitrogens is 2. The first kappa shape index (κ1) is 20.0. The molecule has 0 bridgehead atoms. The fraction of sp³-hybridized carbons (Fsp3) is 0.708. The maximum Gasteiger partial charge on any atom is 0.246 e. The number of hydrogen-bond donors (Lipinski definition) is 2. The number of nitrogens with two attached hydrogens (primary N) is 1. The smallest absolute Gasteiger partial charge is 0.246 e. The van der Waals surface area contributed by atoms with Gasteiger partial charge < -0.3 is 15.6 Å². The summed E-state index contributed by atoms with van der Waals surface area (Å²) < 4.78 is 0. The maximum absolute atomic E-state index is 12.3.